The summed E-state index contributed by atoms with van der Waals surface area (Å²) in [6.45, 7) is 0.0722. The summed E-state index contributed by atoms with van der Waals surface area (Å²) < 4.78 is 0. The van der Waals surface area contributed by atoms with Crippen LogP contribution in [0.2, 0.25) is 0 Å². The lowest BCUT2D eigenvalue weighted by atomic mass is 10.00. The quantitative estimate of drug-likeness (QED) is 0.277. The minimum absolute atomic E-state index is 0.0722. The van der Waals surface area contributed by atoms with Crippen molar-refractivity contribution in [1.82, 2.24) is 4.90 Å². The molecule has 6 nitrogen and oxygen atoms in total. The molecule has 0 heterocycles. The van der Waals surface area contributed by atoms with Crippen molar-refractivity contribution in [2.24, 2.45) is 5.73 Å². The van der Waals surface area contributed by atoms with Crippen LogP contribution in [-0.2, 0) is 16.1 Å². The monoisotopic (exact) mass is 516 g/mol. The maximum absolute atomic E-state index is 13.8. The SMILES string of the molecule is C#Cc1ccc(-c2cccc(CN(C(=O)c3ccc(-c4ccccc4)cc3)[C@@H](CCC(=O)O)C(N)=O)c2)cc1. The van der Waals surface area contributed by atoms with Crippen LogP contribution in [0.3, 0.4) is 0 Å². The summed E-state index contributed by atoms with van der Waals surface area (Å²) in [5.41, 5.74) is 11.4. The first-order chi connectivity index (χ1) is 18.9. The second-order valence-electron chi connectivity index (χ2n) is 9.15. The highest BCUT2D eigenvalue weighted by Gasteiger charge is 2.30. The molecule has 4 aromatic carbocycles. The Morgan fingerprint density at radius 3 is 2.00 bits per heavy atom. The lowest BCUT2D eigenvalue weighted by Gasteiger charge is -2.30. The summed E-state index contributed by atoms with van der Waals surface area (Å²) in [6, 6.07) is 30.9. The smallest absolute Gasteiger partial charge is 0.303 e. The third kappa shape index (κ3) is 6.79. The maximum Gasteiger partial charge on any atom is 0.303 e. The molecule has 39 heavy (non-hydrogen) atoms. The number of benzene rings is 4. The predicted molar refractivity (Wildman–Crippen MR) is 151 cm³/mol. The first-order valence-corrected chi connectivity index (χ1v) is 12.5. The van der Waals surface area contributed by atoms with Crippen molar-refractivity contribution in [2.45, 2.75) is 25.4 Å². The number of carboxylic acids is 1. The third-order valence-electron chi connectivity index (χ3n) is 6.50. The van der Waals surface area contributed by atoms with Gasteiger partial charge in [-0.05, 0) is 64.6 Å². The van der Waals surface area contributed by atoms with Gasteiger partial charge in [0.05, 0.1) is 0 Å². The van der Waals surface area contributed by atoms with Crippen LogP contribution in [0.1, 0.15) is 34.3 Å². The second-order valence-corrected chi connectivity index (χ2v) is 9.15. The molecular weight excluding hydrogens is 488 g/mol. The number of aliphatic carboxylic acids is 1. The van der Waals surface area contributed by atoms with Crippen molar-refractivity contribution >= 4 is 17.8 Å². The van der Waals surface area contributed by atoms with E-state index in [0.717, 1.165) is 33.4 Å². The highest BCUT2D eigenvalue weighted by molar-refractivity contribution is 5.97. The Hall–Kier alpha value is -5.15. The molecule has 0 aromatic heterocycles. The molecule has 0 saturated carbocycles. The molecule has 4 aromatic rings. The Balaban J connectivity index is 1.66. The Bertz CT molecular complexity index is 1500. The maximum atomic E-state index is 13.8. The zero-order valence-electron chi connectivity index (χ0n) is 21.3. The number of carboxylic acid groups (broad SMARTS) is 1. The Labute approximate surface area is 227 Å². The molecule has 0 aliphatic carbocycles. The summed E-state index contributed by atoms with van der Waals surface area (Å²) in [6.07, 6.45) is 5.07. The van der Waals surface area contributed by atoms with Gasteiger partial charge in [-0.2, -0.15) is 0 Å². The van der Waals surface area contributed by atoms with Crippen LogP contribution in [0.15, 0.2) is 103 Å². The van der Waals surface area contributed by atoms with Gasteiger partial charge in [-0.3, -0.25) is 14.4 Å². The molecule has 0 unspecified atom stereocenters. The van der Waals surface area contributed by atoms with Gasteiger partial charge in [-0.15, -0.1) is 6.42 Å². The second kappa shape index (κ2) is 12.4. The molecule has 194 valence electrons. The summed E-state index contributed by atoms with van der Waals surface area (Å²) in [7, 11) is 0. The number of amides is 2. The first kappa shape index (κ1) is 26.9. The van der Waals surface area contributed by atoms with Crippen LogP contribution in [0.4, 0.5) is 0 Å². The van der Waals surface area contributed by atoms with Crippen molar-refractivity contribution < 1.29 is 19.5 Å². The van der Waals surface area contributed by atoms with E-state index in [4.69, 9.17) is 12.2 Å². The number of nitrogens with two attached hydrogens (primary N) is 1. The molecule has 4 rings (SSSR count). The average Bonchev–Trinajstić information content (AvgIpc) is 2.97. The van der Waals surface area contributed by atoms with Crippen LogP contribution in [0.5, 0.6) is 0 Å². The number of carbonyl (C=O) groups excluding carboxylic acids is 2. The average molecular weight is 517 g/mol. The van der Waals surface area contributed by atoms with Crippen molar-refractivity contribution in [3.05, 3.63) is 120 Å². The van der Waals surface area contributed by atoms with Gasteiger partial charge in [0.2, 0.25) is 5.91 Å². The number of terminal acetylenes is 1. The van der Waals surface area contributed by atoms with E-state index in [1.165, 1.54) is 4.90 Å². The number of nitrogens with zero attached hydrogens (tertiary/aromatic N) is 1. The predicted octanol–water partition coefficient (Wildman–Crippen LogP) is 5.36. The van der Waals surface area contributed by atoms with Crippen molar-refractivity contribution in [2.75, 3.05) is 0 Å². The standard InChI is InChI=1S/C33H28N2O4/c1-2-23-11-13-27(14-12-23)29-10-6-7-24(21-29)22-35(30(32(34)38)19-20-31(36)37)33(39)28-17-15-26(16-18-28)25-8-4-3-5-9-25/h1,3-18,21,30H,19-20,22H2,(H2,34,38)(H,36,37)/t30-/m0/s1. The molecule has 2 amide bonds. The van der Waals surface area contributed by atoms with E-state index in [9.17, 15) is 19.5 Å². The zero-order valence-corrected chi connectivity index (χ0v) is 21.3. The van der Waals surface area contributed by atoms with Gasteiger partial charge in [0.1, 0.15) is 6.04 Å². The molecule has 0 fully saturated rings. The molecule has 1 atom stereocenters. The summed E-state index contributed by atoms with van der Waals surface area (Å²) in [5.74, 6) is 0.358. The van der Waals surface area contributed by atoms with E-state index in [-0.39, 0.29) is 19.4 Å². The van der Waals surface area contributed by atoms with Gasteiger partial charge in [-0.25, -0.2) is 0 Å². The highest BCUT2D eigenvalue weighted by atomic mass is 16.4. The highest BCUT2D eigenvalue weighted by Crippen LogP contribution is 2.25. The Morgan fingerprint density at radius 2 is 1.38 bits per heavy atom. The van der Waals surface area contributed by atoms with Crippen LogP contribution in [-0.4, -0.2) is 33.8 Å². The van der Waals surface area contributed by atoms with Gasteiger partial charge < -0.3 is 15.7 Å². The molecule has 0 saturated heterocycles. The van der Waals surface area contributed by atoms with E-state index in [2.05, 4.69) is 5.92 Å². The van der Waals surface area contributed by atoms with Crippen molar-refractivity contribution in [1.29, 1.82) is 0 Å². The van der Waals surface area contributed by atoms with Crippen molar-refractivity contribution in [3.63, 3.8) is 0 Å². The molecular formula is C33H28N2O4. The Kier molecular flexibility index (Phi) is 8.55. The number of rotatable bonds is 10. The topological polar surface area (TPSA) is 101 Å². The lowest BCUT2D eigenvalue weighted by molar-refractivity contribution is -0.137. The molecule has 0 spiro atoms. The molecule has 3 N–H and O–H groups in total. The van der Waals surface area contributed by atoms with E-state index in [0.29, 0.717) is 5.56 Å². The fraction of sp³-hybridized carbons (Fsp3) is 0.121. The van der Waals surface area contributed by atoms with Gasteiger partial charge in [0, 0.05) is 24.1 Å². The van der Waals surface area contributed by atoms with Crippen LogP contribution in [0.25, 0.3) is 22.3 Å². The minimum atomic E-state index is -1.10. The molecule has 0 aliphatic rings. The minimum Gasteiger partial charge on any atom is -0.481 e. The van der Waals surface area contributed by atoms with Gasteiger partial charge in [0.25, 0.3) is 5.91 Å². The van der Waals surface area contributed by atoms with Crippen LogP contribution in [0, 0.1) is 12.3 Å². The van der Waals surface area contributed by atoms with Crippen LogP contribution < -0.4 is 5.73 Å². The van der Waals surface area contributed by atoms with Crippen LogP contribution >= 0.6 is 0 Å². The number of hydrogen-bond acceptors (Lipinski definition) is 3. The van der Waals surface area contributed by atoms with E-state index < -0.39 is 23.8 Å². The van der Waals surface area contributed by atoms with Gasteiger partial charge in [-0.1, -0.05) is 78.7 Å². The molecule has 0 aliphatic heterocycles. The van der Waals surface area contributed by atoms with E-state index in [1.807, 2.05) is 91.0 Å². The fourth-order valence-corrected chi connectivity index (χ4v) is 4.44. The van der Waals surface area contributed by atoms with Gasteiger partial charge >= 0.3 is 5.97 Å². The molecule has 6 heteroatoms. The first-order valence-electron chi connectivity index (χ1n) is 12.5. The molecule has 0 radical (unpaired) electrons. The lowest BCUT2D eigenvalue weighted by Crippen LogP contribution is -2.47. The summed E-state index contributed by atoms with van der Waals surface area (Å²) in [4.78, 5) is 38.9. The summed E-state index contributed by atoms with van der Waals surface area (Å²) in [5, 5.41) is 9.24. The number of primary amides is 1. The normalized spacial score (nSPS) is 11.3. The van der Waals surface area contributed by atoms with Crippen molar-refractivity contribution in [3.8, 4) is 34.6 Å². The van der Waals surface area contributed by atoms with E-state index >= 15 is 0 Å². The Morgan fingerprint density at radius 1 is 0.795 bits per heavy atom. The van der Waals surface area contributed by atoms with E-state index in [1.54, 1.807) is 12.1 Å². The van der Waals surface area contributed by atoms with Gasteiger partial charge in [0.15, 0.2) is 0 Å². The zero-order chi connectivity index (χ0) is 27.8. The third-order valence-corrected chi connectivity index (χ3v) is 6.50. The fourth-order valence-electron chi connectivity index (χ4n) is 4.44. The summed E-state index contributed by atoms with van der Waals surface area (Å²) >= 11 is 0. The number of hydrogen-bond donors (Lipinski definition) is 2. The molecule has 0 bridgehead atoms. The number of carbonyl (C=O) groups is 3. The largest absolute Gasteiger partial charge is 0.481 e.